The average Bonchev–Trinajstić information content (AvgIpc) is 3.26. The van der Waals surface area contributed by atoms with Gasteiger partial charge < -0.3 is 15.4 Å². The molecule has 3 aromatic carbocycles. The van der Waals surface area contributed by atoms with Crippen LogP contribution in [0.25, 0.3) is 11.1 Å². The van der Waals surface area contributed by atoms with E-state index < -0.39 is 23.9 Å². The van der Waals surface area contributed by atoms with Gasteiger partial charge in [-0.25, -0.2) is 10.3 Å². The van der Waals surface area contributed by atoms with Crippen molar-refractivity contribution in [3.05, 3.63) is 95.1 Å². The zero-order valence-electron chi connectivity index (χ0n) is 19.7. The van der Waals surface area contributed by atoms with E-state index in [4.69, 9.17) is 16.4 Å². The van der Waals surface area contributed by atoms with E-state index in [-0.39, 0.29) is 24.6 Å². The van der Waals surface area contributed by atoms with Crippen molar-refractivity contribution in [3.8, 4) is 35.3 Å². The standard InChI is InChI=1S/C29H23N3O5/c1-2-3-8-19-13-15-20(16-14-19)27(33)31-26(28(34)32-36)17-30-29(35)37-18-25-23-11-6-4-9-21(23)22-10-5-7-12-24(22)25/h1,4-7,9-16,25-26,36H,17-18H2,(H,30,35)(H,31,33)(H,32,34)/t26-/m0/s1. The van der Waals surface area contributed by atoms with Crippen LogP contribution in [0.2, 0.25) is 0 Å². The van der Waals surface area contributed by atoms with Crippen LogP contribution in [0.1, 0.15) is 33.0 Å². The SMILES string of the molecule is C#CC#Cc1ccc(C(=O)N[C@@H](CNC(=O)OCC2c3ccccc3-c3ccccc32)C(=O)NO)cc1. The van der Waals surface area contributed by atoms with Crippen LogP contribution in [-0.2, 0) is 9.53 Å². The molecule has 0 spiro atoms. The first kappa shape index (κ1) is 25.1. The summed E-state index contributed by atoms with van der Waals surface area (Å²) in [6.07, 6.45) is 4.34. The van der Waals surface area contributed by atoms with E-state index in [9.17, 15) is 14.4 Å². The number of terminal acetylenes is 1. The summed E-state index contributed by atoms with van der Waals surface area (Å²) < 4.78 is 5.45. The maximum Gasteiger partial charge on any atom is 0.407 e. The third kappa shape index (κ3) is 5.79. The van der Waals surface area contributed by atoms with Gasteiger partial charge in [-0.1, -0.05) is 54.5 Å². The van der Waals surface area contributed by atoms with Crippen LogP contribution in [0, 0.1) is 24.2 Å². The molecule has 3 amide bonds. The van der Waals surface area contributed by atoms with Crippen LogP contribution < -0.4 is 16.1 Å². The molecule has 0 fully saturated rings. The summed E-state index contributed by atoms with van der Waals surface area (Å²) in [7, 11) is 0. The lowest BCUT2D eigenvalue weighted by atomic mass is 9.98. The lowest BCUT2D eigenvalue weighted by Crippen LogP contribution is -2.52. The van der Waals surface area contributed by atoms with Gasteiger partial charge >= 0.3 is 6.09 Å². The number of hydroxylamine groups is 1. The number of amides is 3. The first-order chi connectivity index (χ1) is 18.0. The monoisotopic (exact) mass is 493 g/mol. The number of carbonyl (C=O) groups is 3. The van der Waals surface area contributed by atoms with E-state index in [1.165, 1.54) is 17.6 Å². The van der Waals surface area contributed by atoms with Gasteiger partial charge in [0.25, 0.3) is 11.8 Å². The van der Waals surface area contributed by atoms with Crippen LogP contribution in [0.3, 0.4) is 0 Å². The normalized spacial score (nSPS) is 12.0. The fourth-order valence-electron chi connectivity index (χ4n) is 4.18. The number of fused-ring (bicyclic) bond motifs is 3. The molecule has 1 aliphatic carbocycles. The highest BCUT2D eigenvalue weighted by molar-refractivity contribution is 5.97. The van der Waals surface area contributed by atoms with Gasteiger partial charge in [0, 0.05) is 17.0 Å². The minimum atomic E-state index is -1.25. The van der Waals surface area contributed by atoms with Crippen molar-refractivity contribution in [1.82, 2.24) is 16.1 Å². The van der Waals surface area contributed by atoms with Crippen molar-refractivity contribution in [2.24, 2.45) is 0 Å². The van der Waals surface area contributed by atoms with Gasteiger partial charge in [-0.05, 0) is 58.4 Å². The summed E-state index contributed by atoms with van der Waals surface area (Å²) in [5, 5.41) is 14.0. The number of nitrogens with one attached hydrogen (secondary N) is 3. The zero-order valence-corrected chi connectivity index (χ0v) is 19.7. The summed E-state index contributed by atoms with van der Waals surface area (Å²) in [6, 6.07) is 20.9. The highest BCUT2D eigenvalue weighted by Gasteiger charge is 2.29. The molecule has 4 N–H and O–H groups in total. The molecule has 8 nitrogen and oxygen atoms in total. The number of rotatable bonds is 7. The van der Waals surface area contributed by atoms with E-state index in [1.54, 1.807) is 12.1 Å². The van der Waals surface area contributed by atoms with Crippen LogP contribution >= 0.6 is 0 Å². The summed E-state index contributed by atoms with van der Waals surface area (Å²) in [5.41, 5.74) is 6.71. The van der Waals surface area contributed by atoms with Crippen molar-refractivity contribution >= 4 is 17.9 Å². The van der Waals surface area contributed by atoms with Gasteiger partial charge in [-0.15, -0.1) is 6.42 Å². The molecule has 3 aromatic rings. The van der Waals surface area contributed by atoms with Gasteiger partial charge in [0.05, 0.1) is 6.54 Å². The zero-order chi connectivity index (χ0) is 26.2. The summed E-state index contributed by atoms with van der Waals surface area (Å²) in [4.78, 5) is 37.1. The van der Waals surface area contributed by atoms with E-state index >= 15 is 0 Å². The smallest absolute Gasteiger partial charge is 0.407 e. The van der Waals surface area contributed by atoms with E-state index in [0.29, 0.717) is 5.56 Å². The van der Waals surface area contributed by atoms with Gasteiger partial charge in [-0.3, -0.25) is 14.8 Å². The molecule has 37 heavy (non-hydrogen) atoms. The molecule has 0 bridgehead atoms. The Balaban J connectivity index is 1.35. The highest BCUT2D eigenvalue weighted by atomic mass is 16.5. The largest absolute Gasteiger partial charge is 0.449 e. The Morgan fingerprint density at radius 2 is 1.57 bits per heavy atom. The van der Waals surface area contributed by atoms with E-state index in [2.05, 4.69) is 28.4 Å². The molecule has 0 aliphatic heterocycles. The minimum Gasteiger partial charge on any atom is -0.449 e. The molecule has 0 heterocycles. The third-order valence-corrected chi connectivity index (χ3v) is 5.95. The number of ether oxygens (including phenoxy) is 1. The maximum atomic E-state index is 12.6. The summed E-state index contributed by atoms with van der Waals surface area (Å²) >= 11 is 0. The third-order valence-electron chi connectivity index (χ3n) is 5.95. The fraction of sp³-hybridized carbons (Fsp3) is 0.138. The van der Waals surface area contributed by atoms with E-state index in [0.717, 1.165) is 22.3 Å². The summed E-state index contributed by atoms with van der Waals surface area (Å²) in [6.45, 7) is -0.210. The van der Waals surface area contributed by atoms with Crippen molar-refractivity contribution in [1.29, 1.82) is 0 Å². The van der Waals surface area contributed by atoms with Gasteiger partial charge in [-0.2, -0.15) is 0 Å². The second-order valence-electron chi connectivity index (χ2n) is 8.18. The van der Waals surface area contributed by atoms with Crippen LogP contribution in [0.4, 0.5) is 4.79 Å². The number of hydrogen-bond donors (Lipinski definition) is 4. The molecule has 0 saturated heterocycles. The topological polar surface area (TPSA) is 117 Å². The highest BCUT2D eigenvalue weighted by Crippen LogP contribution is 2.44. The molecule has 0 aromatic heterocycles. The molecule has 1 aliphatic rings. The van der Waals surface area contributed by atoms with Crippen LogP contribution in [-0.4, -0.2) is 42.3 Å². The Morgan fingerprint density at radius 3 is 2.16 bits per heavy atom. The molecule has 184 valence electrons. The first-order valence-corrected chi connectivity index (χ1v) is 11.4. The predicted molar refractivity (Wildman–Crippen MR) is 136 cm³/mol. The number of carbonyl (C=O) groups excluding carboxylic acids is 3. The van der Waals surface area contributed by atoms with Gasteiger partial charge in [0.2, 0.25) is 0 Å². The minimum absolute atomic E-state index is 0.0952. The Labute approximate surface area is 214 Å². The lowest BCUT2D eigenvalue weighted by Gasteiger charge is -2.18. The first-order valence-electron chi connectivity index (χ1n) is 11.4. The maximum absolute atomic E-state index is 12.6. The van der Waals surface area contributed by atoms with Crippen molar-refractivity contribution in [2.75, 3.05) is 13.2 Å². The fourth-order valence-corrected chi connectivity index (χ4v) is 4.18. The molecule has 4 rings (SSSR count). The molecule has 8 heteroatoms. The molecular weight excluding hydrogens is 470 g/mol. The Morgan fingerprint density at radius 1 is 0.946 bits per heavy atom. The van der Waals surface area contributed by atoms with Gasteiger partial charge in [0.15, 0.2) is 0 Å². The molecular formula is C29H23N3O5. The molecule has 1 atom stereocenters. The van der Waals surface area contributed by atoms with Crippen molar-refractivity contribution in [3.63, 3.8) is 0 Å². The number of alkyl carbamates (subject to hydrolysis) is 1. The van der Waals surface area contributed by atoms with Crippen molar-refractivity contribution in [2.45, 2.75) is 12.0 Å². The quantitative estimate of drug-likeness (QED) is 0.229. The molecule has 0 unspecified atom stereocenters. The Bertz CT molecular complexity index is 1380. The van der Waals surface area contributed by atoms with Crippen LogP contribution in [0.15, 0.2) is 72.8 Å². The summed E-state index contributed by atoms with van der Waals surface area (Å²) in [5.74, 6) is 5.80. The van der Waals surface area contributed by atoms with E-state index in [1.807, 2.05) is 48.5 Å². The van der Waals surface area contributed by atoms with Crippen LogP contribution in [0.5, 0.6) is 0 Å². The lowest BCUT2D eigenvalue weighted by molar-refractivity contribution is -0.131. The molecule has 0 radical (unpaired) electrons. The predicted octanol–water partition coefficient (Wildman–Crippen LogP) is 2.81. The second kappa shape index (κ2) is 11.6. The number of benzene rings is 3. The second-order valence-corrected chi connectivity index (χ2v) is 8.18. The Hall–Kier alpha value is -5.05. The molecule has 0 saturated carbocycles. The number of hydrogen-bond acceptors (Lipinski definition) is 5. The average molecular weight is 494 g/mol. The van der Waals surface area contributed by atoms with Crippen molar-refractivity contribution < 1.29 is 24.3 Å². The Kier molecular flexibility index (Phi) is 7.85. The van der Waals surface area contributed by atoms with Gasteiger partial charge in [0.1, 0.15) is 12.6 Å².